The Morgan fingerprint density at radius 1 is 1.27 bits per heavy atom. The first-order valence-electron chi connectivity index (χ1n) is 5.89. The number of hydrogen-bond donors (Lipinski definition) is 0. The molecule has 1 aromatic heterocycles. The van der Waals surface area contributed by atoms with E-state index < -0.39 is 0 Å². The predicted octanol–water partition coefficient (Wildman–Crippen LogP) is 2.34. The van der Waals surface area contributed by atoms with E-state index in [0.717, 1.165) is 43.3 Å². The lowest BCUT2D eigenvalue weighted by Gasteiger charge is -2.17. The van der Waals surface area contributed by atoms with Crippen LogP contribution in [0.4, 0.5) is 5.82 Å². The van der Waals surface area contributed by atoms with Crippen molar-refractivity contribution in [3.05, 3.63) is 17.6 Å². The van der Waals surface area contributed by atoms with Crippen LogP contribution in [-0.4, -0.2) is 23.1 Å². The third-order valence-electron chi connectivity index (χ3n) is 2.79. The number of hydrogen-bond acceptors (Lipinski definition) is 3. The second kappa shape index (κ2) is 4.60. The minimum Gasteiger partial charge on any atom is -0.357 e. The zero-order chi connectivity index (χ0) is 10.7. The standard InChI is InChI=1S/C12H19N3/c1-3-6-11-13-10(2)9-12(14-11)15-7-4-5-8-15/h9H,3-8H2,1-2H3. The first kappa shape index (κ1) is 10.4. The second-order valence-electron chi connectivity index (χ2n) is 4.23. The Hall–Kier alpha value is -1.12. The van der Waals surface area contributed by atoms with E-state index in [1.165, 1.54) is 12.8 Å². The molecule has 82 valence electrons. The van der Waals surface area contributed by atoms with E-state index in [1.54, 1.807) is 0 Å². The van der Waals surface area contributed by atoms with Gasteiger partial charge in [-0.2, -0.15) is 0 Å². The van der Waals surface area contributed by atoms with Crippen molar-refractivity contribution in [1.82, 2.24) is 9.97 Å². The lowest BCUT2D eigenvalue weighted by atomic mass is 10.3. The van der Waals surface area contributed by atoms with Crippen LogP contribution in [0, 0.1) is 6.92 Å². The van der Waals surface area contributed by atoms with Crippen LogP contribution < -0.4 is 4.90 Å². The van der Waals surface area contributed by atoms with Gasteiger partial charge in [-0.15, -0.1) is 0 Å². The van der Waals surface area contributed by atoms with Gasteiger partial charge in [-0.1, -0.05) is 6.92 Å². The van der Waals surface area contributed by atoms with Crippen LogP contribution in [-0.2, 0) is 6.42 Å². The van der Waals surface area contributed by atoms with Gasteiger partial charge in [-0.3, -0.25) is 0 Å². The van der Waals surface area contributed by atoms with Gasteiger partial charge < -0.3 is 4.90 Å². The van der Waals surface area contributed by atoms with Crippen molar-refractivity contribution in [1.29, 1.82) is 0 Å². The second-order valence-corrected chi connectivity index (χ2v) is 4.23. The molecule has 1 saturated heterocycles. The third-order valence-corrected chi connectivity index (χ3v) is 2.79. The SMILES string of the molecule is CCCc1nc(C)cc(N2CCCC2)n1. The van der Waals surface area contributed by atoms with E-state index >= 15 is 0 Å². The first-order valence-corrected chi connectivity index (χ1v) is 5.89. The summed E-state index contributed by atoms with van der Waals surface area (Å²) >= 11 is 0. The topological polar surface area (TPSA) is 29.0 Å². The molecule has 0 unspecified atom stereocenters. The van der Waals surface area contributed by atoms with Crippen molar-refractivity contribution in [3.63, 3.8) is 0 Å². The molecule has 3 heteroatoms. The van der Waals surface area contributed by atoms with E-state index in [-0.39, 0.29) is 0 Å². The molecule has 0 N–H and O–H groups in total. The predicted molar refractivity (Wildman–Crippen MR) is 62.2 cm³/mol. The molecule has 1 aliphatic heterocycles. The van der Waals surface area contributed by atoms with Crippen LogP contribution in [0.3, 0.4) is 0 Å². The largest absolute Gasteiger partial charge is 0.357 e. The highest BCUT2D eigenvalue weighted by molar-refractivity contribution is 5.40. The number of aromatic nitrogens is 2. The molecule has 0 amide bonds. The van der Waals surface area contributed by atoms with Gasteiger partial charge >= 0.3 is 0 Å². The lowest BCUT2D eigenvalue weighted by molar-refractivity contribution is 0.808. The Morgan fingerprint density at radius 3 is 2.67 bits per heavy atom. The van der Waals surface area contributed by atoms with Crippen molar-refractivity contribution in [2.75, 3.05) is 18.0 Å². The fourth-order valence-corrected chi connectivity index (χ4v) is 2.06. The maximum atomic E-state index is 4.62. The summed E-state index contributed by atoms with van der Waals surface area (Å²) in [6.45, 7) is 6.53. The van der Waals surface area contributed by atoms with Crippen LogP contribution >= 0.6 is 0 Å². The van der Waals surface area contributed by atoms with Gasteiger partial charge in [-0.05, 0) is 26.2 Å². The number of rotatable bonds is 3. The third kappa shape index (κ3) is 2.46. The van der Waals surface area contributed by atoms with Gasteiger partial charge in [0.2, 0.25) is 0 Å². The number of nitrogens with zero attached hydrogens (tertiary/aromatic N) is 3. The zero-order valence-electron chi connectivity index (χ0n) is 9.66. The van der Waals surface area contributed by atoms with Crippen molar-refractivity contribution in [2.24, 2.45) is 0 Å². The summed E-state index contributed by atoms with van der Waals surface area (Å²) in [5.41, 5.74) is 1.09. The maximum Gasteiger partial charge on any atom is 0.132 e. The van der Waals surface area contributed by atoms with Crippen molar-refractivity contribution < 1.29 is 0 Å². The monoisotopic (exact) mass is 205 g/mol. The van der Waals surface area contributed by atoms with E-state index in [4.69, 9.17) is 0 Å². The molecule has 0 bridgehead atoms. The Bertz CT molecular complexity index is 330. The average Bonchev–Trinajstić information content (AvgIpc) is 2.70. The molecule has 1 fully saturated rings. The zero-order valence-corrected chi connectivity index (χ0v) is 9.66. The van der Waals surface area contributed by atoms with E-state index in [0.29, 0.717) is 0 Å². The Balaban J connectivity index is 2.22. The molecule has 15 heavy (non-hydrogen) atoms. The smallest absolute Gasteiger partial charge is 0.132 e. The fraction of sp³-hybridized carbons (Fsp3) is 0.667. The van der Waals surface area contributed by atoms with E-state index in [9.17, 15) is 0 Å². The molecular formula is C12H19N3. The van der Waals surface area contributed by atoms with Crippen LogP contribution in [0.5, 0.6) is 0 Å². The van der Waals surface area contributed by atoms with Crippen molar-refractivity contribution >= 4 is 5.82 Å². The highest BCUT2D eigenvalue weighted by Gasteiger charge is 2.14. The van der Waals surface area contributed by atoms with Crippen LogP contribution in [0.15, 0.2) is 6.07 Å². The van der Waals surface area contributed by atoms with Gasteiger partial charge in [0.05, 0.1) is 0 Å². The average molecular weight is 205 g/mol. The molecule has 0 atom stereocenters. The maximum absolute atomic E-state index is 4.62. The minimum absolute atomic E-state index is 0.989. The summed E-state index contributed by atoms with van der Waals surface area (Å²) in [7, 11) is 0. The van der Waals surface area contributed by atoms with Crippen molar-refractivity contribution in [2.45, 2.75) is 39.5 Å². The molecule has 1 aromatic rings. The molecule has 0 aliphatic carbocycles. The first-order chi connectivity index (χ1) is 7.29. The summed E-state index contributed by atoms with van der Waals surface area (Å²) in [5, 5.41) is 0. The number of anilines is 1. The van der Waals surface area contributed by atoms with Gasteiger partial charge in [0.25, 0.3) is 0 Å². The fourth-order valence-electron chi connectivity index (χ4n) is 2.06. The van der Waals surface area contributed by atoms with Crippen LogP contribution in [0.2, 0.25) is 0 Å². The summed E-state index contributed by atoms with van der Waals surface area (Å²) in [6, 6.07) is 2.10. The number of aryl methyl sites for hydroxylation is 2. The van der Waals surface area contributed by atoms with Gasteiger partial charge in [-0.25, -0.2) is 9.97 Å². The summed E-state index contributed by atoms with van der Waals surface area (Å²) in [6.07, 6.45) is 4.70. The molecule has 0 saturated carbocycles. The molecule has 0 spiro atoms. The Morgan fingerprint density at radius 2 is 2.00 bits per heavy atom. The highest BCUT2D eigenvalue weighted by Crippen LogP contribution is 2.18. The Kier molecular flexibility index (Phi) is 3.19. The summed E-state index contributed by atoms with van der Waals surface area (Å²) in [4.78, 5) is 11.4. The Labute approximate surface area is 91.5 Å². The lowest BCUT2D eigenvalue weighted by Crippen LogP contribution is -2.20. The molecule has 3 nitrogen and oxygen atoms in total. The van der Waals surface area contributed by atoms with Crippen molar-refractivity contribution in [3.8, 4) is 0 Å². The highest BCUT2D eigenvalue weighted by atomic mass is 15.2. The molecule has 2 heterocycles. The molecule has 2 rings (SSSR count). The molecule has 0 radical (unpaired) electrons. The van der Waals surface area contributed by atoms with E-state index in [2.05, 4.69) is 34.8 Å². The quantitative estimate of drug-likeness (QED) is 0.758. The normalized spacial score (nSPS) is 16.0. The van der Waals surface area contributed by atoms with Gasteiger partial charge in [0.15, 0.2) is 0 Å². The van der Waals surface area contributed by atoms with Crippen LogP contribution in [0.25, 0.3) is 0 Å². The van der Waals surface area contributed by atoms with Gasteiger partial charge in [0.1, 0.15) is 11.6 Å². The molecular weight excluding hydrogens is 186 g/mol. The summed E-state index contributed by atoms with van der Waals surface area (Å²) < 4.78 is 0. The van der Waals surface area contributed by atoms with E-state index in [1.807, 2.05) is 0 Å². The van der Waals surface area contributed by atoms with Crippen LogP contribution in [0.1, 0.15) is 37.7 Å². The summed E-state index contributed by atoms with van der Waals surface area (Å²) in [5.74, 6) is 2.13. The minimum atomic E-state index is 0.989. The molecule has 1 aliphatic rings. The molecule has 0 aromatic carbocycles. The van der Waals surface area contributed by atoms with Gasteiger partial charge in [0, 0.05) is 31.3 Å².